The van der Waals surface area contributed by atoms with Gasteiger partial charge >= 0.3 is 0 Å². The summed E-state index contributed by atoms with van der Waals surface area (Å²) >= 11 is 1.86. The number of benzene rings is 2. The van der Waals surface area contributed by atoms with Gasteiger partial charge in [0.05, 0.1) is 6.54 Å². The molecule has 0 radical (unpaired) electrons. The highest BCUT2D eigenvalue weighted by Gasteiger charge is 2.07. The topological polar surface area (TPSA) is 54.2 Å². The molecule has 1 unspecified atom stereocenters. The average molecular weight is 394 g/mol. The molecule has 2 aromatic carbocycles. The normalized spacial score (nSPS) is 12.6. The van der Waals surface area contributed by atoms with Crippen LogP contribution < -0.4 is 10.6 Å². The van der Waals surface area contributed by atoms with Crippen LogP contribution in [-0.2, 0) is 13.1 Å². The Kier molecular flexibility index (Phi) is 7.55. The molecule has 0 saturated carbocycles. The summed E-state index contributed by atoms with van der Waals surface area (Å²) in [5.74, 6) is 0.814. The molecule has 0 saturated heterocycles. The first-order chi connectivity index (χ1) is 13.7. The van der Waals surface area contributed by atoms with Crippen molar-refractivity contribution < 1.29 is 0 Å². The standard InChI is InChI=1S/C22H27N5S/c1-18(28-21-11-4-3-5-12-21)15-24-22(23-2)25-16-19-9-6-7-10-20(19)17-27-14-8-13-26-27/h3-14,18H,15-17H2,1-2H3,(H2,23,24,25). The van der Waals surface area contributed by atoms with Crippen LogP contribution in [0.2, 0.25) is 0 Å². The lowest BCUT2D eigenvalue weighted by molar-refractivity contribution is 0.677. The Balaban J connectivity index is 1.50. The molecule has 0 aliphatic carbocycles. The van der Waals surface area contributed by atoms with Crippen molar-refractivity contribution in [2.45, 2.75) is 30.2 Å². The lowest BCUT2D eigenvalue weighted by Crippen LogP contribution is -2.39. The second-order valence-corrected chi connectivity index (χ2v) is 8.03. The fraction of sp³-hybridized carbons (Fsp3) is 0.273. The number of rotatable bonds is 8. The summed E-state index contributed by atoms with van der Waals surface area (Å²) in [5.41, 5.74) is 2.50. The van der Waals surface area contributed by atoms with Gasteiger partial charge in [-0.1, -0.05) is 49.4 Å². The van der Waals surface area contributed by atoms with Gasteiger partial charge in [-0.2, -0.15) is 5.10 Å². The van der Waals surface area contributed by atoms with Crippen molar-refractivity contribution >= 4 is 17.7 Å². The fourth-order valence-electron chi connectivity index (χ4n) is 2.87. The van der Waals surface area contributed by atoms with Crippen LogP contribution in [0.1, 0.15) is 18.1 Å². The van der Waals surface area contributed by atoms with Crippen LogP contribution in [0.15, 0.2) is 82.9 Å². The Morgan fingerprint density at radius 3 is 2.50 bits per heavy atom. The summed E-state index contributed by atoms with van der Waals surface area (Å²) < 4.78 is 1.94. The van der Waals surface area contributed by atoms with Gasteiger partial charge in [0.2, 0.25) is 0 Å². The van der Waals surface area contributed by atoms with E-state index >= 15 is 0 Å². The average Bonchev–Trinajstić information content (AvgIpc) is 3.23. The zero-order valence-electron chi connectivity index (χ0n) is 16.4. The van der Waals surface area contributed by atoms with E-state index in [0.29, 0.717) is 5.25 Å². The monoisotopic (exact) mass is 393 g/mol. The summed E-state index contributed by atoms with van der Waals surface area (Å²) in [6.45, 7) is 4.55. The molecule has 1 atom stereocenters. The van der Waals surface area contributed by atoms with Crippen molar-refractivity contribution in [1.29, 1.82) is 0 Å². The molecular weight excluding hydrogens is 366 g/mol. The number of hydrogen-bond acceptors (Lipinski definition) is 3. The molecule has 0 aliphatic rings. The summed E-state index contributed by atoms with van der Waals surface area (Å²) in [4.78, 5) is 5.64. The number of nitrogens with zero attached hydrogens (tertiary/aromatic N) is 3. The first kappa shape index (κ1) is 20.0. The van der Waals surface area contributed by atoms with Gasteiger partial charge in [-0.25, -0.2) is 0 Å². The number of aliphatic imine (C=N–C) groups is 1. The first-order valence-corrected chi connectivity index (χ1v) is 10.3. The number of guanidine groups is 1. The Labute approximate surface area is 171 Å². The Morgan fingerprint density at radius 2 is 1.79 bits per heavy atom. The molecule has 3 rings (SSSR count). The van der Waals surface area contributed by atoms with Crippen LogP contribution in [-0.4, -0.2) is 34.6 Å². The van der Waals surface area contributed by atoms with Crippen molar-refractivity contribution in [3.05, 3.63) is 84.2 Å². The quantitative estimate of drug-likeness (QED) is 0.347. The third-order valence-electron chi connectivity index (χ3n) is 4.32. The zero-order valence-corrected chi connectivity index (χ0v) is 17.2. The molecule has 0 bridgehead atoms. The highest BCUT2D eigenvalue weighted by molar-refractivity contribution is 8.00. The molecular formula is C22H27N5S. The van der Waals surface area contributed by atoms with Gasteiger partial charge in [0.15, 0.2) is 5.96 Å². The highest BCUT2D eigenvalue weighted by atomic mass is 32.2. The van der Waals surface area contributed by atoms with E-state index in [1.807, 2.05) is 34.8 Å². The van der Waals surface area contributed by atoms with Crippen LogP contribution in [0.3, 0.4) is 0 Å². The van der Waals surface area contributed by atoms with Crippen molar-refractivity contribution in [1.82, 2.24) is 20.4 Å². The molecule has 2 N–H and O–H groups in total. The van der Waals surface area contributed by atoms with E-state index in [0.717, 1.165) is 25.6 Å². The smallest absolute Gasteiger partial charge is 0.191 e. The number of nitrogens with one attached hydrogen (secondary N) is 2. The molecule has 0 amide bonds. The maximum absolute atomic E-state index is 4.36. The Hall–Kier alpha value is -2.73. The Bertz CT molecular complexity index is 862. The molecule has 1 aromatic heterocycles. The third-order valence-corrected chi connectivity index (χ3v) is 5.43. The van der Waals surface area contributed by atoms with Gasteiger partial charge in [0, 0.05) is 42.7 Å². The van der Waals surface area contributed by atoms with E-state index in [2.05, 4.69) is 76.2 Å². The lowest BCUT2D eigenvalue weighted by Gasteiger charge is -2.17. The van der Waals surface area contributed by atoms with E-state index in [1.54, 1.807) is 13.2 Å². The number of aromatic nitrogens is 2. The highest BCUT2D eigenvalue weighted by Crippen LogP contribution is 2.21. The van der Waals surface area contributed by atoms with Gasteiger partial charge < -0.3 is 10.6 Å². The number of hydrogen-bond donors (Lipinski definition) is 2. The zero-order chi connectivity index (χ0) is 19.6. The van der Waals surface area contributed by atoms with Gasteiger partial charge in [0.25, 0.3) is 0 Å². The van der Waals surface area contributed by atoms with Gasteiger partial charge in [-0.05, 0) is 29.3 Å². The van der Waals surface area contributed by atoms with Gasteiger partial charge in [0.1, 0.15) is 0 Å². The molecule has 146 valence electrons. The van der Waals surface area contributed by atoms with Gasteiger partial charge in [-0.15, -0.1) is 11.8 Å². The minimum atomic E-state index is 0.438. The van der Waals surface area contributed by atoms with E-state index in [4.69, 9.17) is 0 Å². The maximum Gasteiger partial charge on any atom is 0.191 e. The van der Waals surface area contributed by atoms with Crippen molar-refractivity contribution in [2.75, 3.05) is 13.6 Å². The van der Waals surface area contributed by atoms with Crippen molar-refractivity contribution in [3.63, 3.8) is 0 Å². The second kappa shape index (κ2) is 10.6. The molecule has 28 heavy (non-hydrogen) atoms. The third kappa shape index (κ3) is 6.16. The molecule has 0 spiro atoms. The van der Waals surface area contributed by atoms with Crippen molar-refractivity contribution in [2.24, 2.45) is 4.99 Å². The number of thioether (sulfide) groups is 1. The van der Waals surface area contributed by atoms with Crippen molar-refractivity contribution in [3.8, 4) is 0 Å². The SMILES string of the molecule is CN=C(NCc1ccccc1Cn1cccn1)NCC(C)Sc1ccccc1. The molecule has 0 fully saturated rings. The summed E-state index contributed by atoms with van der Waals surface area (Å²) in [6, 6.07) is 20.9. The van der Waals surface area contributed by atoms with Gasteiger partial charge in [-0.3, -0.25) is 9.67 Å². The maximum atomic E-state index is 4.36. The summed E-state index contributed by atoms with van der Waals surface area (Å²) in [5, 5.41) is 11.6. The predicted molar refractivity (Wildman–Crippen MR) is 118 cm³/mol. The van der Waals surface area contributed by atoms with E-state index in [1.165, 1.54) is 16.0 Å². The summed E-state index contributed by atoms with van der Waals surface area (Å²) in [7, 11) is 1.81. The summed E-state index contributed by atoms with van der Waals surface area (Å²) in [6.07, 6.45) is 3.79. The molecule has 1 heterocycles. The minimum Gasteiger partial charge on any atom is -0.355 e. The Morgan fingerprint density at radius 1 is 1.04 bits per heavy atom. The minimum absolute atomic E-state index is 0.438. The lowest BCUT2D eigenvalue weighted by atomic mass is 10.1. The molecule has 5 nitrogen and oxygen atoms in total. The largest absolute Gasteiger partial charge is 0.355 e. The molecule has 6 heteroatoms. The van der Waals surface area contributed by atoms with E-state index in [9.17, 15) is 0 Å². The van der Waals surface area contributed by atoms with E-state index < -0.39 is 0 Å². The van der Waals surface area contributed by atoms with E-state index in [-0.39, 0.29) is 0 Å². The van der Waals surface area contributed by atoms with Crippen LogP contribution >= 0.6 is 11.8 Å². The fourth-order valence-corrected chi connectivity index (χ4v) is 3.81. The second-order valence-electron chi connectivity index (χ2n) is 6.52. The van der Waals surface area contributed by atoms with Crippen LogP contribution in [0.4, 0.5) is 0 Å². The predicted octanol–water partition coefficient (Wildman–Crippen LogP) is 3.78. The molecule has 0 aliphatic heterocycles. The van der Waals surface area contributed by atoms with Crippen LogP contribution in [0, 0.1) is 0 Å². The molecule has 3 aromatic rings. The van der Waals surface area contributed by atoms with Crippen LogP contribution in [0.5, 0.6) is 0 Å². The first-order valence-electron chi connectivity index (χ1n) is 9.45. The van der Waals surface area contributed by atoms with Crippen LogP contribution in [0.25, 0.3) is 0 Å².